The van der Waals surface area contributed by atoms with E-state index in [0.29, 0.717) is 17.6 Å². The van der Waals surface area contributed by atoms with Crippen LogP contribution in [-0.2, 0) is 11.3 Å². The molecule has 1 amide bonds. The second-order valence-electron chi connectivity index (χ2n) is 10.1. The van der Waals surface area contributed by atoms with Gasteiger partial charge in [0.15, 0.2) is 0 Å². The van der Waals surface area contributed by atoms with Crippen molar-refractivity contribution in [2.24, 2.45) is 0 Å². The third kappa shape index (κ3) is 4.73. The van der Waals surface area contributed by atoms with Gasteiger partial charge in [-0.1, -0.05) is 78.9 Å². The molecule has 0 saturated heterocycles. The first kappa shape index (κ1) is 25.4. The van der Waals surface area contributed by atoms with E-state index < -0.39 is 12.1 Å². The van der Waals surface area contributed by atoms with Crippen LogP contribution in [0.25, 0.3) is 21.9 Å². The number of carbonyl (C=O) groups is 1. The average molecular weight is 531 g/mol. The van der Waals surface area contributed by atoms with Gasteiger partial charge in [-0.05, 0) is 64.4 Å². The molecule has 40 heavy (non-hydrogen) atoms. The number of aromatic nitrogens is 1. The van der Waals surface area contributed by atoms with E-state index in [-0.39, 0.29) is 18.1 Å². The lowest BCUT2D eigenvalue weighted by Crippen LogP contribution is -2.33. The van der Waals surface area contributed by atoms with Gasteiger partial charge < -0.3 is 19.4 Å². The predicted molar refractivity (Wildman–Crippen MR) is 157 cm³/mol. The van der Waals surface area contributed by atoms with E-state index in [0.717, 1.165) is 27.8 Å². The van der Waals surface area contributed by atoms with Crippen molar-refractivity contribution in [3.05, 3.63) is 136 Å². The molecule has 1 N–H and O–H groups in total. The van der Waals surface area contributed by atoms with Gasteiger partial charge in [-0.2, -0.15) is 0 Å². The first-order chi connectivity index (χ1) is 19.5. The number of ether oxygens (including phenoxy) is 2. The molecule has 0 aliphatic heterocycles. The number of rotatable bonds is 7. The summed E-state index contributed by atoms with van der Waals surface area (Å²) >= 11 is 0. The molecule has 0 unspecified atom stereocenters. The molecule has 1 aliphatic rings. The fourth-order valence-electron chi connectivity index (χ4n) is 5.64. The van der Waals surface area contributed by atoms with Crippen LogP contribution in [0.1, 0.15) is 41.3 Å². The minimum atomic E-state index is -0.522. The van der Waals surface area contributed by atoms with Crippen LogP contribution in [0, 0.1) is 0 Å². The number of benzene rings is 4. The summed E-state index contributed by atoms with van der Waals surface area (Å²) in [5.41, 5.74) is 6.23. The summed E-state index contributed by atoms with van der Waals surface area (Å²) in [6, 6.07) is 33.1. The van der Waals surface area contributed by atoms with Crippen molar-refractivity contribution in [1.29, 1.82) is 0 Å². The van der Waals surface area contributed by atoms with E-state index in [2.05, 4.69) is 29.6 Å². The fraction of sp³-hybridized carbons (Fsp3) is 0.176. The van der Waals surface area contributed by atoms with Crippen LogP contribution in [0.4, 0.5) is 4.79 Å². The lowest BCUT2D eigenvalue weighted by Gasteiger charge is -2.21. The second-order valence-corrected chi connectivity index (χ2v) is 10.1. The predicted octanol–water partition coefficient (Wildman–Crippen LogP) is 6.66. The van der Waals surface area contributed by atoms with Crippen molar-refractivity contribution >= 4 is 16.9 Å². The van der Waals surface area contributed by atoms with Gasteiger partial charge in [-0.15, -0.1) is 0 Å². The van der Waals surface area contributed by atoms with E-state index in [1.54, 1.807) is 11.7 Å². The maximum Gasteiger partial charge on any atom is 0.407 e. The van der Waals surface area contributed by atoms with Gasteiger partial charge in [0.05, 0.1) is 19.7 Å². The van der Waals surface area contributed by atoms with Gasteiger partial charge in [0.2, 0.25) is 0 Å². The SMILES string of the molecule is COc1ccc(Cn2c([C@H](C)NC(=O)OCC3c4ccccc4-c4ccccc43)cc3ccccc3c2=O)cc1. The molecule has 4 aromatic carbocycles. The van der Waals surface area contributed by atoms with Gasteiger partial charge >= 0.3 is 6.09 Å². The Kier molecular flexibility index (Phi) is 6.83. The second kappa shape index (κ2) is 10.7. The zero-order valence-corrected chi connectivity index (χ0v) is 22.5. The summed E-state index contributed by atoms with van der Waals surface area (Å²) in [5, 5.41) is 4.42. The first-order valence-corrected chi connectivity index (χ1v) is 13.4. The molecular weight excluding hydrogens is 500 g/mol. The Morgan fingerprint density at radius 2 is 1.50 bits per heavy atom. The molecular formula is C34H30N2O4. The van der Waals surface area contributed by atoms with Crippen LogP contribution >= 0.6 is 0 Å². The van der Waals surface area contributed by atoms with E-state index in [9.17, 15) is 9.59 Å². The molecule has 1 aromatic heterocycles. The number of hydrogen-bond acceptors (Lipinski definition) is 4. The average Bonchev–Trinajstić information content (AvgIpc) is 3.31. The molecule has 0 radical (unpaired) electrons. The zero-order chi connectivity index (χ0) is 27.6. The zero-order valence-electron chi connectivity index (χ0n) is 22.5. The highest BCUT2D eigenvalue weighted by Gasteiger charge is 2.29. The van der Waals surface area contributed by atoms with E-state index in [1.165, 1.54) is 11.1 Å². The molecule has 6 rings (SSSR count). The number of nitrogens with zero attached hydrogens (tertiary/aromatic N) is 1. The highest BCUT2D eigenvalue weighted by molar-refractivity contribution is 5.82. The quantitative estimate of drug-likeness (QED) is 0.256. The van der Waals surface area contributed by atoms with Crippen molar-refractivity contribution in [2.75, 3.05) is 13.7 Å². The largest absolute Gasteiger partial charge is 0.497 e. The lowest BCUT2D eigenvalue weighted by molar-refractivity contribution is 0.139. The molecule has 1 atom stereocenters. The number of amides is 1. The molecule has 0 spiro atoms. The summed E-state index contributed by atoms with van der Waals surface area (Å²) in [5.74, 6) is 0.725. The minimum absolute atomic E-state index is 0.0256. The monoisotopic (exact) mass is 530 g/mol. The summed E-state index contributed by atoms with van der Waals surface area (Å²) in [7, 11) is 1.62. The van der Waals surface area contributed by atoms with Gasteiger partial charge in [-0.3, -0.25) is 4.79 Å². The number of carbonyl (C=O) groups excluding carboxylic acids is 1. The number of methoxy groups -OCH3 is 1. The summed E-state index contributed by atoms with van der Waals surface area (Å²) in [6.07, 6.45) is -0.522. The van der Waals surface area contributed by atoms with Crippen molar-refractivity contribution in [2.45, 2.75) is 25.4 Å². The molecule has 1 heterocycles. The molecule has 6 nitrogen and oxygen atoms in total. The van der Waals surface area contributed by atoms with Gasteiger partial charge in [0.1, 0.15) is 12.4 Å². The maximum atomic E-state index is 13.6. The van der Waals surface area contributed by atoms with Crippen LogP contribution in [-0.4, -0.2) is 24.4 Å². The molecule has 0 fully saturated rings. The fourth-order valence-corrected chi connectivity index (χ4v) is 5.64. The van der Waals surface area contributed by atoms with Crippen molar-refractivity contribution < 1.29 is 14.3 Å². The third-order valence-electron chi connectivity index (χ3n) is 7.67. The van der Waals surface area contributed by atoms with Crippen LogP contribution < -0.4 is 15.6 Å². The van der Waals surface area contributed by atoms with Crippen LogP contribution in [0.2, 0.25) is 0 Å². The Morgan fingerprint density at radius 3 is 2.17 bits per heavy atom. The van der Waals surface area contributed by atoms with Gasteiger partial charge in [-0.25, -0.2) is 4.79 Å². The number of pyridine rings is 1. The molecule has 0 bridgehead atoms. The highest BCUT2D eigenvalue weighted by Crippen LogP contribution is 2.44. The van der Waals surface area contributed by atoms with Crippen LogP contribution in [0.5, 0.6) is 5.75 Å². The molecule has 0 saturated carbocycles. The molecule has 1 aliphatic carbocycles. The van der Waals surface area contributed by atoms with Crippen LogP contribution in [0.15, 0.2) is 108 Å². The Balaban J connectivity index is 1.24. The van der Waals surface area contributed by atoms with Crippen molar-refractivity contribution in [3.63, 3.8) is 0 Å². The Bertz CT molecular complexity index is 1710. The number of hydrogen-bond donors (Lipinski definition) is 1. The first-order valence-electron chi connectivity index (χ1n) is 13.4. The van der Waals surface area contributed by atoms with Crippen molar-refractivity contribution in [3.8, 4) is 16.9 Å². The Morgan fingerprint density at radius 1 is 0.875 bits per heavy atom. The highest BCUT2D eigenvalue weighted by atomic mass is 16.5. The van der Waals surface area contributed by atoms with E-state index in [1.807, 2.05) is 85.8 Å². The molecule has 5 aromatic rings. The Labute approximate surface area is 232 Å². The van der Waals surface area contributed by atoms with Crippen molar-refractivity contribution in [1.82, 2.24) is 9.88 Å². The number of fused-ring (bicyclic) bond motifs is 4. The lowest BCUT2D eigenvalue weighted by atomic mass is 9.98. The molecule has 200 valence electrons. The topological polar surface area (TPSA) is 69.6 Å². The molecule has 6 heteroatoms. The minimum Gasteiger partial charge on any atom is -0.497 e. The summed E-state index contributed by atoms with van der Waals surface area (Å²) < 4.78 is 12.8. The van der Waals surface area contributed by atoms with E-state index >= 15 is 0 Å². The van der Waals surface area contributed by atoms with Gasteiger partial charge in [0, 0.05) is 17.0 Å². The maximum absolute atomic E-state index is 13.6. The normalized spacial score (nSPS) is 12.9. The summed E-state index contributed by atoms with van der Waals surface area (Å²) in [4.78, 5) is 26.7. The van der Waals surface area contributed by atoms with E-state index in [4.69, 9.17) is 9.47 Å². The smallest absolute Gasteiger partial charge is 0.407 e. The van der Waals surface area contributed by atoms with Crippen LogP contribution in [0.3, 0.4) is 0 Å². The standard InChI is InChI=1S/C34H30N2O4/c1-22(35-34(38)40-21-31-29-13-7-5-11-27(29)28-12-6-8-14-30(28)31)32-19-24-9-3-4-10-26(24)33(37)36(32)20-23-15-17-25(39-2)18-16-23/h3-19,22,31H,20-21H2,1-2H3,(H,35,38)/t22-/m0/s1. The Hall–Kier alpha value is -4.84. The summed E-state index contributed by atoms with van der Waals surface area (Å²) in [6.45, 7) is 2.46. The number of nitrogens with one attached hydrogen (secondary N) is 1. The number of alkyl carbamates (subject to hydrolysis) is 1. The van der Waals surface area contributed by atoms with Gasteiger partial charge in [0.25, 0.3) is 5.56 Å². The third-order valence-corrected chi connectivity index (χ3v) is 7.67.